The number of anilines is 1. The summed E-state index contributed by atoms with van der Waals surface area (Å²) >= 11 is 0. The van der Waals surface area contributed by atoms with Gasteiger partial charge < -0.3 is 4.90 Å². The van der Waals surface area contributed by atoms with Gasteiger partial charge in [-0.2, -0.15) is 0 Å². The molecular weight excluding hydrogens is 186 g/mol. The van der Waals surface area contributed by atoms with Gasteiger partial charge in [-0.15, -0.1) is 0 Å². The van der Waals surface area contributed by atoms with Crippen LogP contribution in [0.15, 0.2) is 30.3 Å². The van der Waals surface area contributed by atoms with Gasteiger partial charge in [-0.25, -0.2) is 8.78 Å². The highest BCUT2D eigenvalue weighted by Gasteiger charge is 2.25. The Hall–Kier alpha value is -1.16. The summed E-state index contributed by atoms with van der Waals surface area (Å²) in [5, 5.41) is 2.20. The van der Waals surface area contributed by atoms with Crippen LogP contribution in [0.2, 0.25) is 0 Å². The molecule has 1 N–H and O–H groups in total. The second-order valence-electron chi connectivity index (χ2n) is 3.34. The highest BCUT2D eigenvalue weighted by atomic mass is 19.2. The Morgan fingerprint density at radius 1 is 1.07 bits per heavy atom. The van der Waals surface area contributed by atoms with E-state index in [0.29, 0.717) is 0 Å². The molecule has 0 saturated carbocycles. The van der Waals surface area contributed by atoms with Crippen molar-refractivity contribution in [1.82, 2.24) is 5.32 Å². The Bertz CT molecular complexity index is 281. The molecule has 1 aromatic carbocycles. The van der Waals surface area contributed by atoms with Crippen molar-refractivity contribution in [1.29, 1.82) is 0 Å². The number of piperazine rings is 1. The predicted molar refractivity (Wildman–Crippen MR) is 51.6 cm³/mol. The third-order valence-corrected chi connectivity index (χ3v) is 2.24. The van der Waals surface area contributed by atoms with Gasteiger partial charge in [0.25, 0.3) is 0 Å². The van der Waals surface area contributed by atoms with E-state index in [4.69, 9.17) is 0 Å². The summed E-state index contributed by atoms with van der Waals surface area (Å²) < 4.78 is 26.0. The molecule has 4 heteroatoms. The predicted octanol–water partition coefficient (Wildman–Crippen LogP) is 1.69. The number of alkyl halides is 2. The Balaban J connectivity index is 2.11. The van der Waals surface area contributed by atoms with E-state index in [1.54, 1.807) is 4.90 Å². The molecule has 0 radical (unpaired) electrons. The number of nitrogens with zero attached hydrogens (tertiary/aromatic N) is 1. The van der Waals surface area contributed by atoms with Crippen LogP contribution in [0.5, 0.6) is 0 Å². The van der Waals surface area contributed by atoms with Crippen LogP contribution in [-0.2, 0) is 0 Å². The fraction of sp³-hybridized carbons (Fsp3) is 0.400. The summed E-state index contributed by atoms with van der Waals surface area (Å²) in [6.45, 7) is 0.398. The van der Waals surface area contributed by atoms with Gasteiger partial charge in [0.05, 0.1) is 13.1 Å². The average Bonchev–Trinajstić information content (AvgIpc) is 2.18. The van der Waals surface area contributed by atoms with Crippen LogP contribution < -0.4 is 10.2 Å². The molecule has 2 atom stereocenters. The standard InChI is InChI=1S/C10H12F2N2/c11-9-6-14(7-10(12)13-9)8-4-2-1-3-5-8/h1-5,9-10,13H,6-7H2. The summed E-state index contributed by atoms with van der Waals surface area (Å²) in [6.07, 6.45) is -2.59. The summed E-state index contributed by atoms with van der Waals surface area (Å²) in [6, 6.07) is 9.30. The monoisotopic (exact) mass is 198 g/mol. The maximum absolute atomic E-state index is 13.0. The van der Waals surface area contributed by atoms with Crippen molar-refractivity contribution >= 4 is 5.69 Å². The minimum Gasteiger partial charge on any atom is -0.363 e. The van der Waals surface area contributed by atoms with Crippen LogP contribution in [0.3, 0.4) is 0 Å². The van der Waals surface area contributed by atoms with E-state index in [9.17, 15) is 8.78 Å². The number of benzene rings is 1. The fourth-order valence-corrected chi connectivity index (χ4v) is 1.61. The first kappa shape index (κ1) is 9.40. The molecular formula is C10H12F2N2. The maximum Gasteiger partial charge on any atom is 0.171 e. The maximum atomic E-state index is 13.0. The smallest absolute Gasteiger partial charge is 0.171 e. The number of rotatable bonds is 1. The van der Waals surface area contributed by atoms with Crippen LogP contribution in [-0.4, -0.2) is 25.7 Å². The van der Waals surface area contributed by atoms with E-state index in [2.05, 4.69) is 5.32 Å². The van der Waals surface area contributed by atoms with Crippen molar-refractivity contribution in [3.8, 4) is 0 Å². The normalized spacial score (nSPS) is 27.7. The van der Waals surface area contributed by atoms with Crippen LogP contribution in [0.4, 0.5) is 14.5 Å². The number of hydrogen-bond acceptors (Lipinski definition) is 2. The van der Waals surface area contributed by atoms with Crippen molar-refractivity contribution in [3.05, 3.63) is 30.3 Å². The van der Waals surface area contributed by atoms with Gasteiger partial charge in [-0.3, -0.25) is 5.32 Å². The van der Waals surface area contributed by atoms with Gasteiger partial charge in [-0.05, 0) is 12.1 Å². The molecule has 1 aliphatic rings. The lowest BCUT2D eigenvalue weighted by Gasteiger charge is -2.33. The van der Waals surface area contributed by atoms with E-state index in [1.807, 2.05) is 30.3 Å². The summed E-state index contributed by atoms with van der Waals surface area (Å²) in [5.74, 6) is 0. The molecule has 76 valence electrons. The van der Waals surface area contributed by atoms with E-state index in [-0.39, 0.29) is 13.1 Å². The average molecular weight is 198 g/mol. The zero-order valence-corrected chi connectivity index (χ0v) is 7.66. The topological polar surface area (TPSA) is 15.3 Å². The van der Waals surface area contributed by atoms with Gasteiger partial charge in [0.15, 0.2) is 12.6 Å². The molecule has 1 fully saturated rings. The Morgan fingerprint density at radius 3 is 2.21 bits per heavy atom. The zero-order valence-electron chi connectivity index (χ0n) is 7.66. The van der Waals surface area contributed by atoms with Crippen LogP contribution >= 0.6 is 0 Å². The number of hydrogen-bond donors (Lipinski definition) is 1. The lowest BCUT2D eigenvalue weighted by atomic mass is 10.2. The minimum absolute atomic E-state index is 0.199. The van der Waals surface area contributed by atoms with Gasteiger partial charge in [0.2, 0.25) is 0 Å². The summed E-state index contributed by atoms with van der Waals surface area (Å²) in [7, 11) is 0. The van der Waals surface area contributed by atoms with Gasteiger partial charge in [0, 0.05) is 5.69 Å². The summed E-state index contributed by atoms with van der Waals surface area (Å²) in [4.78, 5) is 1.70. The lowest BCUT2D eigenvalue weighted by molar-refractivity contribution is 0.145. The molecule has 2 nitrogen and oxygen atoms in total. The molecule has 1 aromatic rings. The zero-order chi connectivity index (χ0) is 9.97. The van der Waals surface area contributed by atoms with Crippen molar-refractivity contribution in [2.45, 2.75) is 12.6 Å². The minimum atomic E-state index is -1.29. The lowest BCUT2D eigenvalue weighted by Crippen LogP contribution is -2.53. The number of nitrogens with one attached hydrogen (secondary N) is 1. The first-order valence-corrected chi connectivity index (χ1v) is 4.60. The van der Waals surface area contributed by atoms with Crippen LogP contribution in [0, 0.1) is 0 Å². The molecule has 1 heterocycles. The Kier molecular flexibility index (Phi) is 2.63. The Morgan fingerprint density at radius 2 is 1.64 bits per heavy atom. The third-order valence-electron chi connectivity index (χ3n) is 2.24. The molecule has 2 rings (SSSR count). The summed E-state index contributed by atoms with van der Waals surface area (Å²) in [5.41, 5.74) is 0.860. The highest BCUT2D eigenvalue weighted by Crippen LogP contribution is 2.17. The third kappa shape index (κ3) is 2.01. The Labute approximate surface area is 81.5 Å². The van der Waals surface area contributed by atoms with E-state index in [1.165, 1.54) is 0 Å². The van der Waals surface area contributed by atoms with Crippen LogP contribution in [0.1, 0.15) is 0 Å². The molecule has 14 heavy (non-hydrogen) atoms. The SMILES string of the molecule is FC1CN(c2ccccc2)CC(F)N1. The molecule has 1 aliphatic heterocycles. The van der Waals surface area contributed by atoms with E-state index >= 15 is 0 Å². The molecule has 2 unspecified atom stereocenters. The first-order chi connectivity index (χ1) is 6.75. The molecule has 0 aromatic heterocycles. The number of halogens is 2. The van der Waals surface area contributed by atoms with Crippen molar-refractivity contribution in [3.63, 3.8) is 0 Å². The molecule has 0 aliphatic carbocycles. The quantitative estimate of drug-likeness (QED) is 0.691. The molecule has 1 saturated heterocycles. The first-order valence-electron chi connectivity index (χ1n) is 4.60. The van der Waals surface area contributed by atoms with Crippen molar-refractivity contribution in [2.24, 2.45) is 0 Å². The van der Waals surface area contributed by atoms with Gasteiger partial charge in [-0.1, -0.05) is 18.2 Å². The van der Waals surface area contributed by atoms with Crippen molar-refractivity contribution in [2.75, 3.05) is 18.0 Å². The second kappa shape index (κ2) is 3.92. The van der Waals surface area contributed by atoms with E-state index in [0.717, 1.165) is 5.69 Å². The molecule has 0 bridgehead atoms. The molecule has 0 spiro atoms. The fourth-order valence-electron chi connectivity index (χ4n) is 1.61. The van der Waals surface area contributed by atoms with Gasteiger partial charge in [0.1, 0.15) is 0 Å². The highest BCUT2D eigenvalue weighted by molar-refractivity contribution is 5.46. The van der Waals surface area contributed by atoms with E-state index < -0.39 is 12.6 Å². The largest absolute Gasteiger partial charge is 0.363 e. The molecule has 0 amide bonds. The van der Waals surface area contributed by atoms with Gasteiger partial charge >= 0.3 is 0 Å². The van der Waals surface area contributed by atoms with Crippen molar-refractivity contribution < 1.29 is 8.78 Å². The second-order valence-corrected chi connectivity index (χ2v) is 3.34. The number of para-hydroxylation sites is 1. The van der Waals surface area contributed by atoms with Crippen LogP contribution in [0.25, 0.3) is 0 Å².